The van der Waals surface area contributed by atoms with E-state index in [4.69, 9.17) is 5.73 Å². The number of carbonyl (C=O) groups is 1. The van der Waals surface area contributed by atoms with E-state index >= 15 is 0 Å². The van der Waals surface area contributed by atoms with E-state index in [2.05, 4.69) is 0 Å². The van der Waals surface area contributed by atoms with Crippen LogP contribution in [0.15, 0.2) is 0 Å². The molecule has 0 bridgehead atoms. The first-order valence-electron chi connectivity index (χ1n) is 5.00. The van der Waals surface area contributed by atoms with E-state index in [1.165, 1.54) is 0 Å². The van der Waals surface area contributed by atoms with Gasteiger partial charge in [-0.3, -0.25) is 4.79 Å². The molecule has 2 N–H and O–H groups in total. The Labute approximate surface area is 90.5 Å². The number of nitrogens with two attached hydrogens (primary N) is 1. The van der Waals surface area contributed by atoms with E-state index in [0.29, 0.717) is 19.0 Å². The average molecular weight is 234 g/mol. The molecule has 1 fully saturated rings. The SMILES string of the molecule is CC1CCN(C(=O)CS(C)(=O)=O)CC1N. The van der Waals surface area contributed by atoms with Gasteiger partial charge in [0.25, 0.3) is 0 Å². The zero-order valence-electron chi connectivity index (χ0n) is 9.14. The second-order valence-corrected chi connectivity index (χ2v) is 6.48. The summed E-state index contributed by atoms with van der Waals surface area (Å²) in [5, 5.41) is 0. The lowest BCUT2D eigenvalue weighted by atomic mass is 9.94. The third kappa shape index (κ3) is 3.79. The number of amides is 1. The number of hydrogen-bond donors (Lipinski definition) is 1. The maximum absolute atomic E-state index is 11.6. The van der Waals surface area contributed by atoms with Crippen molar-refractivity contribution in [3.8, 4) is 0 Å². The normalized spacial score (nSPS) is 27.8. The zero-order valence-corrected chi connectivity index (χ0v) is 9.96. The summed E-state index contributed by atoms with van der Waals surface area (Å²) in [5.41, 5.74) is 5.83. The van der Waals surface area contributed by atoms with E-state index < -0.39 is 15.6 Å². The molecule has 1 aliphatic rings. The van der Waals surface area contributed by atoms with Crippen LogP contribution >= 0.6 is 0 Å². The molecule has 0 spiro atoms. The predicted octanol–water partition coefficient (Wildman–Crippen LogP) is -0.773. The molecule has 0 aromatic rings. The summed E-state index contributed by atoms with van der Waals surface area (Å²) >= 11 is 0. The van der Waals surface area contributed by atoms with Crippen LogP contribution in [-0.2, 0) is 14.6 Å². The molecule has 0 aliphatic carbocycles. The van der Waals surface area contributed by atoms with Crippen LogP contribution in [0, 0.1) is 5.92 Å². The maximum atomic E-state index is 11.6. The van der Waals surface area contributed by atoms with Crippen LogP contribution in [0.25, 0.3) is 0 Å². The minimum absolute atomic E-state index is 0.0396. The van der Waals surface area contributed by atoms with Gasteiger partial charge in [0.1, 0.15) is 5.75 Å². The first kappa shape index (κ1) is 12.4. The molecule has 6 heteroatoms. The molecule has 1 rings (SSSR count). The molecule has 5 nitrogen and oxygen atoms in total. The fraction of sp³-hybridized carbons (Fsp3) is 0.889. The van der Waals surface area contributed by atoms with Crippen molar-refractivity contribution in [1.82, 2.24) is 4.90 Å². The van der Waals surface area contributed by atoms with Gasteiger partial charge in [0.05, 0.1) is 0 Å². The molecule has 1 saturated heterocycles. The summed E-state index contributed by atoms with van der Waals surface area (Å²) in [4.78, 5) is 13.1. The molecule has 88 valence electrons. The second kappa shape index (κ2) is 4.49. The van der Waals surface area contributed by atoms with E-state index in [1.54, 1.807) is 4.90 Å². The number of rotatable bonds is 2. The quantitative estimate of drug-likeness (QED) is 0.680. The average Bonchev–Trinajstić information content (AvgIpc) is 2.06. The minimum atomic E-state index is -3.24. The summed E-state index contributed by atoms with van der Waals surface area (Å²) in [6.45, 7) is 3.13. The highest BCUT2D eigenvalue weighted by atomic mass is 32.2. The topological polar surface area (TPSA) is 80.5 Å². The highest BCUT2D eigenvalue weighted by Crippen LogP contribution is 2.15. The lowest BCUT2D eigenvalue weighted by molar-refractivity contribution is -0.130. The molecular formula is C9H18N2O3S. The summed E-state index contributed by atoms with van der Waals surface area (Å²) in [6, 6.07) is -0.0396. The van der Waals surface area contributed by atoms with Crippen molar-refractivity contribution in [2.75, 3.05) is 25.1 Å². The lowest BCUT2D eigenvalue weighted by Gasteiger charge is -2.34. The Morgan fingerprint density at radius 3 is 2.60 bits per heavy atom. The van der Waals surface area contributed by atoms with Crippen LogP contribution in [0.3, 0.4) is 0 Å². The Hall–Kier alpha value is -0.620. The fourth-order valence-electron chi connectivity index (χ4n) is 1.64. The van der Waals surface area contributed by atoms with Crippen LogP contribution in [0.5, 0.6) is 0 Å². The molecule has 2 atom stereocenters. The van der Waals surface area contributed by atoms with Crippen LogP contribution < -0.4 is 5.73 Å². The molecule has 1 amide bonds. The van der Waals surface area contributed by atoms with Crippen molar-refractivity contribution in [1.29, 1.82) is 0 Å². The first-order chi connectivity index (χ1) is 6.79. The van der Waals surface area contributed by atoms with Gasteiger partial charge in [-0.15, -0.1) is 0 Å². The van der Waals surface area contributed by atoms with Crippen molar-refractivity contribution in [2.45, 2.75) is 19.4 Å². The summed E-state index contributed by atoms with van der Waals surface area (Å²) in [6.07, 6.45) is 1.91. The smallest absolute Gasteiger partial charge is 0.237 e. The third-order valence-corrected chi connectivity index (χ3v) is 3.53. The zero-order chi connectivity index (χ0) is 11.6. The van der Waals surface area contributed by atoms with Crippen molar-refractivity contribution < 1.29 is 13.2 Å². The molecule has 2 unspecified atom stereocenters. The van der Waals surface area contributed by atoms with Crippen LogP contribution in [0.4, 0.5) is 0 Å². The van der Waals surface area contributed by atoms with Gasteiger partial charge in [-0.2, -0.15) is 0 Å². The Kier molecular flexibility index (Phi) is 3.72. The number of piperidine rings is 1. The van der Waals surface area contributed by atoms with Crippen LogP contribution in [-0.4, -0.2) is 50.4 Å². The first-order valence-corrected chi connectivity index (χ1v) is 7.07. The fourth-order valence-corrected chi connectivity index (χ4v) is 2.27. The predicted molar refractivity (Wildman–Crippen MR) is 58.0 cm³/mol. The molecule has 1 heterocycles. The molecule has 1 aliphatic heterocycles. The van der Waals surface area contributed by atoms with Gasteiger partial charge >= 0.3 is 0 Å². The lowest BCUT2D eigenvalue weighted by Crippen LogP contribution is -2.51. The number of sulfone groups is 1. The van der Waals surface area contributed by atoms with Crippen molar-refractivity contribution in [3.05, 3.63) is 0 Å². The third-order valence-electron chi connectivity index (χ3n) is 2.75. The Morgan fingerprint density at radius 1 is 1.53 bits per heavy atom. The van der Waals surface area contributed by atoms with E-state index in [-0.39, 0.29) is 11.9 Å². The van der Waals surface area contributed by atoms with E-state index in [1.807, 2.05) is 6.92 Å². The number of likely N-dealkylation sites (tertiary alicyclic amines) is 1. The highest BCUT2D eigenvalue weighted by Gasteiger charge is 2.27. The van der Waals surface area contributed by atoms with E-state index in [9.17, 15) is 13.2 Å². The molecule has 0 aromatic heterocycles. The van der Waals surface area contributed by atoms with Gasteiger partial charge < -0.3 is 10.6 Å². The maximum Gasteiger partial charge on any atom is 0.237 e. The van der Waals surface area contributed by atoms with Gasteiger partial charge in [-0.1, -0.05) is 6.92 Å². The summed E-state index contributed by atoms with van der Waals surface area (Å²) in [7, 11) is -3.24. The monoisotopic (exact) mass is 234 g/mol. The summed E-state index contributed by atoms with van der Waals surface area (Å²) < 4.78 is 21.9. The van der Waals surface area contributed by atoms with E-state index in [0.717, 1.165) is 12.7 Å². The highest BCUT2D eigenvalue weighted by molar-refractivity contribution is 7.91. The van der Waals surface area contributed by atoms with Gasteiger partial charge in [-0.25, -0.2) is 8.42 Å². The van der Waals surface area contributed by atoms with Crippen molar-refractivity contribution >= 4 is 15.7 Å². The van der Waals surface area contributed by atoms with Crippen LogP contribution in [0.2, 0.25) is 0 Å². The second-order valence-electron chi connectivity index (χ2n) is 4.34. The standard InChI is InChI=1S/C9H18N2O3S/c1-7-3-4-11(5-8(7)10)9(12)6-15(2,13)14/h7-8H,3-6,10H2,1-2H3. The van der Waals surface area contributed by atoms with Crippen molar-refractivity contribution in [2.24, 2.45) is 11.7 Å². The number of hydrogen-bond acceptors (Lipinski definition) is 4. The Morgan fingerprint density at radius 2 is 2.13 bits per heavy atom. The number of carbonyl (C=O) groups excluding carboxylic acids is 1. The largest absolute Gasteiger partial charge is 0.340 e. The summed E-state index contributed by atoms with van der Waals surface area (Å²) in [5.74, 6) is -0.346. The van der Waals surface area contributed by atoms with Crippen LogP contribution in [0.1, 0.15) is 13.3 Å². The molecule has 0 saturated carbocycles. The van der Waals surface area contributed by atoms with Gasteiger partial charge in [-0.05, 0) is 12.3 Å². The molecule has 0 aromatic carbocycles. The molecule has 15 heavy (non-hydrogen) atoms. The Balaban J connectivity index is 2.55. The number of nitrogens with zero attached hydrogens (tertiary/aromatic N) is 1. The minimum Gasteiger partial charge on any atom is -0.340 e. The Bertz CT molecular complexity index is 339. The van der Waals surface area contributed by atoms with Gasteiger partial charge in [0.15, 0.2) is 9.84 Å². The van der Waals surface area contributed by atoms with Gasteiger partial charge in [0, 0.05) is 25.4 Å². The van der Waals surface area contributed by atoms with Crippen molar-refractivity contribution in [3.63, 3.8) is 0 Å². The van der Waals surface area contributed by atoms with Gasteiger partial charge in [0.2, 0.25) is 5.91 Å². The molecular weight excluding hydrogens is 216 g/mol. The molecule has 0 radical (unpaired) electrons.